The van der Waals surface area contributed by atoms with Crippen LogP contribution in [0.3, 0.4) is 0 Å². The van der Waals surface area contributed by atoms with Gasteiger partial charge in [-0.05, 0) is 42.7 Å². The zero-order chi connectivity index (χ0) is 13.3. The first-order valence-corrected chi connectivity index (χ1v) is 6.93. The van der Waals surface area contributed by atoms with Crippen molar-refractivity contribution in [2.24, 2.45) is 0 Å². The summed E-state index contributed by atoms with van der Waals surface area (Å²) in [5.41, 5.74) is 2.38. The Morgan fingerprint density at radius 3 is 2.42 bits per heavy atom. The van der Waals surface area contributed by atoms with Crippen LogP contribution in [0, 0.1) is 0 Å². The summed E-state index contributed by atoms with van der Waals surface area (Å²) >= 11 is 5.84. The molecule has 0 radical (unpaired) electrons. The summed E-state index contributed by atoms with van der Waals surface area (Å²) in [5.74, 6) is 0. The molecule has 0 aliphatic carbocycles. The fourth-order valence-corrected chi connectivity index (χ4v) is 1.93. The lowest BCUT2D eigenvalue weighted by Crippen LogP contribution is -2.00. The van der Waals surface area contributed by atoms with E-state index in [2.05, 4.69) is 29.6 Å². The van der Waals surface area contributed by atoms with Crippen molar-refractivity contribution in [3.63, 3.8) is 0 Å². The van der Waals surface area contributed by atoms with Crippen LogP contribution in [-0.2, 0) is 0 Å². The van der Waals surface area contributed by atoms with Crippen LogP contribution in [0.15, 0.2) is 60.7 Å². The van der Waals surface area contributed by atoms with Gasteiger partial charge in [0.1, 0.15) is 0 Å². The molecule has 0 atom stereocenters. The van der Waals surface area contributed by atoms with Crippen molar-refractivity contribution >= 4 is 23.4 Å². The van der Waals surface area contributed by atoms with E-state index in [0.717, 1.165) is 24.4 Å². The Balaban J connectivity index is 1.65. The minimum absolute atomic E-state index is 0.782. The largest absolute Gasteiger partial charge is 0.385 e. The molecule has 19 heavy (non-hydrogen) atoms. The Bertz CT molecular complexity index is 503. The number of allylic oxidation sites excluding steroid dienone is 1. The molecule has 98 valence electrons. The van der Waals surface area contributed by atoms with Crippen molar-refractivity contribution < 1.29 is 0 Å². The summed E-state index contributed by atoms with van der Waals surface area (Å²) in [4.78, 5) is 0. The summed E-state index contributed by atoms with van der Waals surface area (Å²) in [6.07, 6.45) is 6.54. The molecule has 0 aromatic heterocycles. The maximum Gasteiger partial charge on any atom is 0.0406 e. The maximum atomic E-state index is 5.84. The van der Waals surface area contributed by atoms with Crippen LogP contribution >= 0.6 is 11.6 Å². The fourth-order valence-electron chi connectivity index (χ4n) is 1.80. The minimum atomic E-state index is 0.782. The van der Waals surface area contributed by atoms with Crippen LogP contribution in [0.25, 0.3) is 6.08 Å². The first-order chi connectivity index (χ1) is 9.34. The highest BCUT2D eigenvalue weighted by Gasteiger charge is 1.89. The molecule has 2 rings (SSSR count). The van der Waals surface area contributed by atoms with E-state index in [1.165, 1.54) is 11.3 Å². The molecule has 0 spiro atoms. The minimum Gasteiger partial charge on any atom is -0.385 e. The molecule has 0 bridgehead atoms. The SMILES string of the molecule is Clc1ccc(/C=C/CCCNc2ccccc2)cc1. The van der Waals surface area contributed by atoms with E-state index in [1.807, 2.05) is 42.5 Å². The molecule has 0 unspecified atom stereocenters. The van der Waals surface area contributed by atoms with Crippen molar-refractivity contribution in [3.8, 4) is 0 Å². The van der Waals surface area contributed by atoms with Crippen molar-refractivity contribution in [1.29, 1.82) is 0 Å². The molecule has 0 aliphatic heterocycles. The van der Waals surface area contributed by atoms with Gasteiger partial charge in [0.15, 0.2) is 0 Å². The number of nitrogens with one attached hydrogen (secondary N) is 1. The van der Waals surface area contributed by atoms with Gasteiger partial charge in [0.05, 0.1) is 0 Å². The first kappa shape index (κ1) is 13.7. The smallest absolute Gasteiger partial charge is 0.0406 e. The van der Waals surface area contributed by atoms with E-state index in [1.54, 1.807) is 0 Å². The summed E-state index contributed by atoms with van der Waals surface area (Å²) in [6.45, 7) is 0.995. The number of hydrogen-bond acceptors (Lipinski definition) is 1. The van der Waals surface area contributed by atoms with E-state index in [0.29, 0.717) is 0 Å². The Morgan fingerprint density at radius 1 is 0.947 bits per heavy atom. The third-order valence-corrected chi connectivity index (χ3v) is 3.08. The molecule has 2 aromatic carbocycles. The summed E-state index contributed by atoms with van der Waals surface area (Å²) in [5, 5.41) is 4.18. The average Bonchev–Trinajstić information content (AvgIpc) is 2.46. The van der Waals surface area contributed by atoms with Crippen molar-refractivity contribution in [1.82, 2.24) is 0 Å². The van der Waals surface area contributed by atoms with Gasteiger partial charge < -0.3 is 5.32 Å². The number of para-hydroxylation sites is 1. The van der Waals surface area contributed by atoms with Crippen molar-refractivity contribution in [2.45, 2.75) is 12.8 Å². The van der Waals surface area contributed by atoms with Gasteiger partial charge >= 0.3 is 0 Å². The predicted molar refractivity (Wildman–Crippen MR) is 84.7 cm³/mol. The first-order valence-electron chi connectivity index (χ1n) is 6.55. The monoisotopic (exact) mass is 271 g/mol. The number of halogens is 1. The number of hydrogen-bond donors (Lipinski definition) is 1. The van der Waals surface area contributed by atoms with Gasteiger partial charge in [0, 0.05) is 17.3 Å². The second-order valence-corrected chi connectivity index (χ2v) is 4.83. The van der Waals surface area contributed by atoms with E-state index in [4.69, 9.17) is 11.6 Å². The molecule has 1 N–H and O–H groups in total. The molecule has 2 aromatic rings. The third kappa shape index (κ3) is 5.19. The molecule has 0 amide bonds. The maximum absolute atomic E-state index is 5.84. The van der Waals surface area contributed by atoms with Crippen LogP contribution in [0.2, 0.25) is 5.02 Å². The zero-order valence-corrected chi connectivity index (χ0v) is 11.6. The van der Waals surface area contributed by atoms with Gasteiger partial charge in [-0.15, -0.1) is 0 Å². The molecule has 0 saturated heterocycles. The Morgan fingerprint density at radius 2 is 1.68 bits per heavy atom. The Labute approximate surface area is 119 Å². The zero-order valence-electron chi connectivity index (χ0n) is 10.9. The lowest BCUT2D eigenvalue weighted by Gasteiger charge is -2.04. The van der Waals surface area contributed by atoms with E-state index in [9.17, 15) is 0 Å². The quantitative estimate of drug-likeness (QED) is 0.708. The second-order valence-electron chi connectivity index (χ2n) is 4.39. The van der Waals surface area contributed by atoms with Crippen LogP contribution in [0.4, 0.5) is 5.69 Å². The van der Waals surface area contributed by atoms with E-state index >= 15 is 0 Å². The van der Waals surface area contributed by atoms with Crippen molar-refractivity contribution in [3.05, 3.63) is 71.3 Å². The average molecular weight is 272 g/mol. The van der Waals surface area contributed by atoms with E-state index in [-0.39, 0.29) is 0 Å². The number of anilines is 1. The van der Waals surface area contributed by atoms with Gasteiger partial charge in [-0.1, -0.05) is 54.1 Å². The summed E-state index contributed by atoms with van der Waals surface area (Å²) in [7, 11) is 0. The van der Waals surface area contributed by atoms with Crippen LogP contribution in [0.5, 0.6) is 0 Å². The molecular formula is C17H18ClN. The third-order valence-electron chi connectivity index (χ3n) is 2.83. The molecule has 0 aliphatic rings. The van der Waals surface area contributed by atoms with Gasteiger partial charge in [-0.2, -0.15) is 0 Å². The normalized spacial score (nSPS) is 10.8. The fraction of sp³-hybridized carbons (Fsp3) is 0.176. The molecule has 0 saturated carbocycles. The molecule has 0 heterocycles. The van der Waals surface area contributed by atoms with Gasteiger partial charge in [-0.25, -0.2) is 0 Å². The standard InChI is InChI=1S/C17H18ClN/c18-16-12-10-15(11-13-16)7-3-2-6-14-19-17-8-4-1-5-9-17/h1,3-5,7-13,19H,2,6,14H2/b7-3+. The van der Waals surface area contributed by atoms with Crippen LogP contribution in [0.1, 0.15) is 18.4 Å². The highest BCUT2D eigenvalue weighted by atomic mass is 35.5. The van der Waals surface area contributed by atoms with Gasteiger partial charge in [-0.3, -0.25) is 0 Å². The predicted octanol–water partition coefficient (Wildman–Crippen LogP) is 5.25. The van der Waals surface area contributed by atoms with Gasteiger partial charge in [0.25, 0.3) is 0 Å². The second kappa shape index (κ2) is 7.65. The highest BCUT2D eigenvalue weighted by molar-refractivity contribution is 6.30. The van der Waals surface area contributed by atoms with E-state index < -0.39 is 0 Å². The Kier molecular flexibility index (Phi) is 5.51. The molecular weight excluding hydrogens is 254 g/mol. The topological polar surface area (TPSA) is 12.0 Å². The summed E-state index contributed by atoms with van der Waals surface area (Å²) in [6, 6.07) is 18.2. The number of rotatable bonds is 6. The lowest BCUT2D eigenvalue weighted by molar-refractivity contribution is 0.892. The van der Waals surface area contributed by atoms with Crippen LogP contribution in [-0.4, -0.2) is 6.54 Å². The molecule has 2 heteroatoms. The van der Waals surface area contributed by atoms with Crippen molar-refractivity contribution in [2.75, 3.05) is 11.9 Å². The summed E-state index contributed by atoms with van der Waals surface area (Å²) < 4.78 is 0. The van der Waals surface area contributed by atoms with Gasteiger partial charge in [0.2, 0.25) is 0 Å². The van der Waals surface area contributed by atoms with Crippen LogP contribution < -0.4 is 5.32 Å². The highest BCUT2D eigenvalue weighted by Crippen LogP contribution is 2.11. The number of unbranched alkanes of at least 4 members (excludes halogenated alkanes) is 1. The molecule has 1 nitrogen and oxygen atoms in total. The molecule has 0 fully saturated rings. The lowest BCUT2D eigenvalue weighted by atomic mass is 10.2. The Hall–Kier alpha value is -1.73. The number of benzene rings is 2.